The molecule has 2 unspecified atom stereocenters. The van der Waals surface area contributed by atoms with Crippen molar-refractivity contribution in [3.63, 3.8) is 0 Å². The SMILES string of the molecule is FC(F)(Cl)C(Cl)OCCOC(Cl)C(F)(F)Cl. The van der Waals surface area contributed by atoms with Crippen LogP contribution >= 0.6 is 46.4 Å². The van der Waals surface area contributed by atoms with Crippen molar-refractivity contribution >= 4 is 46.4 Å². The fourth-order valence-corrected chi connectivity index (χ4v) is 0.796. The molecule has 16 heavy (non-hydrogen) atoms. The maximum Gasteiger partial charge on any atom is 0.361 e. The smallest absolute Gasteiger partial charge is 0.353 e. The van der Waals surface area contributed by atoms with Gasteiger partial charge in [-0.05, 0) is 23.2 Å². The van der Waals surface area contributed by atoms with E-state index in [1.54, 1.807) is 0 Å². The zero-order chi connectivity index (χ0) is 13.0. The van der Waals surface area contributed by atoms with E-state index in [4.69, 9.17) is 23.2 Å². The Balaban J connectivity index is 3.70. The van der Waals surface area contributed by atoms with Crippen molar-refractivity contribution in [3.05, 3.63) is 0 Å². The Hall–Kier alpha value is 0.800. The van der Waals surface area contributed by atoms with E-state index in [9.17, 15) is 17.6 Å². The number of ether oxygens (including phenoxy) is 2. The molecular formula is C6H6Cl4F4O2. The van der Waals surface area contributed by atoms with Gasteiger partial charge in [-0.1, -0.05) is 23.2 Å². The van der Waals surface area contributed by atoms with E-state index in [0.29, 0.717) is 0 Å². The second-order valence-electron chi connectivity index (χ2n) is 2.46. The topological polar surface area (TPSA) is 18.5 Å². The molecule has 98 valence electrons. The highest BCUT2D eigenvalue weighted by atomic mass is 35.5. The third-order valence-electron chi connectivity index (χ3n) is 1.13. The fraction of sp³-hybridized carbons (Fsp3) is 1.00. The zero-order valence-corrected chi connectivity index (χ0v) is 10.4. The molecule has 0 saturated carbocycles. The van der Waals surface area contributed by atoms with Gasteiger partial charge in [0.2, 0.25) is 11.1 Å². The molecule has 0 aliphatic carbocycles. The van der Waals surface area contributed by atoms with Crippen LogP contribution in [0.4, 0.5) is 17.6 Å². The van der Waals surface area contributed by atoms with Gasteiger partial charge >= 0.3 is 10.8 Å². The highest BCUT2D eigenvalue weighted by Crippen LogP contribution is 2.30. The number of hydrogen-bond acceptors (Lipinski definition) is 2. The van der Waals surface area contributed by atoms with Gasteiger partial charge in [0.25, 0.3) is 0 Å². The summed E-state index contributed by atoms with van der Waals surface area (Å²) in [5.41, 5.74) is -4.19. The molecule has 0 saturated heterocycles. The van der Waals surface area contributed by atoms with Gasteiger partial charge in [-0.25, -0.2) is 0 Å². The van der Waals surface area contributed by atoms with Crippen LogP contribution in [0.1, 0.15) is 0 Å². The molecule has 0 N–H and O–H groups in total. The summed E-state index contributed by atoms with van der Waals surface area (Å²) in [5, 5.41) is -7.53. The fourth-order valence-electron chi connectivity index (χ4n) is 0.492. The van der Waals surface area contributed by atoms with Crippen molar-refractivity contribution in [3.8, 4) is 0 Å². The summed E-state index contributed by atoms with van der Waals surface area (Å²) in [6, 6.07) is 0. The lowest BCUT2D eigenvalue weighted by Gasteiger charge is -2.18. The Kier molecular flexibility index (Phi) is 6.99. The third kappa shape index (κ3) is 7.19. The number of alkyl halides is 8. The average Bonchev–Trinajstić information content (AvgIpc) is 2.08. The van der Waals surface area contributed by atoms with E-state index in [1.165, 1.54) is 0 Å². The van der Waals surface area contributed by atoms with Crippen LogP contribution in [0.15, 0.2) is 0 Å². The largest absolute Gasteiger partial charge is 0.361 e. The van der Waals surface area contributed by atoms with E-state index in [1.807, 2.05) is 0 Å². The molecule has 0 aromatic carbocycles. The van der Waals surface area contributed by atoms with Gasteiger partial charge in [0.1, 0.15) is 0 Å². The normalized spacial score (nSPS) is 17.2. The third-order valence-corrected chi connectivity index (χ3v) is 2.55. The van der Waals surface area contributed by atoms with Gasteiger partial charge in [0.15, 0.2) is 0 Å². The predicted octanol–water partition coefficient (Wildman–Crippen LogP) is 3.81. The Bertz CT molecular complexity index is 186. The lowest BCUT2D eigenvalue weighted by atomic mass is 10.7. The molecule has 0 fully saturated rings. The van der Waals surface area contributed by atoms with Crippen LogP contribution < -0.4 is 0 Å². The van der Waals surface area contributed by atoms with E-state index in [2.05, 4.69) is 32.7 Å². The summed E-state index contributed by atoms with van der Waals surface area (Å²) < 4.78 is 57.3. The van der Waals surface area contributed by atoms with Crippen molar-refractivity contribution in [2.75, 3.05) is 13.2 Å². The van der Waals surface area contributed by atoms with Crippen LogP contribution in [0, 0.1) is 0 Å². The summed E-state index contributed by atoms with van der Waals surface area (Å²) in [7, 11) is 0. The molecule has 0 radical (unpaired) electrons. The first kappa shape index (κ1) is 16.8. The Labute approximate surface area is 109 Å². The van der Waals surface area contributed by atoms with Crippen molar-refractivity contribution in [1.82, 2.24) is 0 Å². The van der Waals surface area contributed by atoms with Crippen LogP contribution in [0.25, 0.3) is 0 Å². The Morgan fingerprint density at radius 3 is 1.25 bits per heavy atom. The van der Waals surface area contributed by atoms with Crippen LogP contribution in [-0.4, -0.2) is 35.1 Å². The molecule has 0 bridgehead atoms. The van der Waals surface area contributed by atoms with Crippen molar-refractivity contribution in [2.24, 2.45) is 0 Å². The highest BCUT2D eigenvalue weighted by molar-refractivity contribution is 6.30. The zero-order valence-electron chi connectivity index (χ0n) is 7.41. The van der Waals surface area contributed by atoms with Crippen LogP contribution in [0.2, 0.25) is 0 Å². The minimum atomic E-state index is -3.77. The van der Waals surface area contributed by atoms with Crippen molar-refractivity contribution < 1.29 is 27.0 Å². The molecule has 0 aliphatic rings. The number of rotatable bonds is 7. The van der Waals surface area contributed by atoms with Crippen LogP contribution in [0.3, 0.4) is 0 Å². The summed E-state index contributed by atoms with van der Waals surface area (Å²) in [4.78, 5) is 0. The molecule has 0 spiro atoms. The van der Waals surface area contributed by atoms with E-state index < -0.39 is 35.1 Å². The minimum absolute atomic E-state index is 0.493. The average molecular weight is 328 g/mol. The summed E-state index contributed by atoms with van der Waals surface area (Å²) in [6.07, 6.45) is 0. The monoisotopic (exact) mass is 326 g/mol. The first-order chi connectivity index (χ1) is 7.05. The van der Waals surface area contributed by atoms with Gasteiger partial charge in [-0.3, -0.25) is 0 Å². The lowest BCUT2D eigenvalue weighted by Crippen LogP contribution is -2.29. The first-order valence-corrected chi connectivity index (χ1v) is 5.33. The molecule has 0 heterocycles. The minimum Gasteiger partial charge on any atom is -0.353 e. The molecule has 2 atom stereocenters. The Morgan fingerprint density at radius 2 is 1.06 bits per heavy atom. The highest BCUT2D eigenvalue weighted by Gasteiger charge is 2.38. The summed E-state index contributed by atoms with van der Waals surface area (Å²) >= 11 is 19.0. The first-order valence-electron chi connectivity index (χ1n) is 3.70. The summed E-state index contributed by atoms with van der Waals surface area (Å²) in [5.74, 6) is 0. The lowest BCUT2D eigenvalue weighted by molar-refractivity contribution is -0.0812. The van der Waals surface area contributed by atoms with Crippen molar-refractivity contribution in [1.29, 1.82) is 0 Å². The summed E-state index contributed by atoms with van der Waals surface area (Å²) in [6.45, 7) is -0.987. The van der Waals surface area contributed by atoms with Gasteiger partial charge in [-0.2, -0.15) is 17.6 Å². The second-order valence-corrected chi connectivity index (χ2v) is 4.26. The molecular weight excluding hydrogens is 322 g/mol. The maximum absolute atomic E-state index is 12.2. The molecule has 2 nitrogen and oxygen atoms in total. The van der Waals surface area contributed by atoms with E-state index in [-0.39, 0.29) is 0 Å². The van der Waals surface area contributed by atoms with Gasteiger partial charge in [-0.15, -0.1) is 0 Å². The predicted molar refractivity (Wildman–Crippen MR) is 52.8 cm³/mol. The van der Waals surface area contributed by atoms with E-state index >= 15 is 0 Å². The van der Waals surface area contributed by atoms with Gasteiger partial charge < -0.3 is 9.47 Å². The van der Waals surface area contributed by atoms with Crippen molar-refractivity contribution in [2.45, 2.75) is 21.9 Å². The molecule has 0 amide bonds. The molecule has 10 heteroatoms. The molecule has 0 aromatic rings. The number of halogens is 8. The maximum atomic E-state index is 12.2. The Morgan fingerprint density at radius 1 is 0.812 bits per heavy atom. The number of hydrogen-bond donors (Lipinski definition) is 0. The van der Waals surface area contributed by atoms with Crippen LogP contribution in [-0.2, 0) is 9.47 Å². The quantitative estimate of drug-likeness (QED) is 0.402. The molecule has 0 rings (SSSR count). The molecule has 0 aliphatic heterocycles. The van der Waals surface area contributed by atoms with Crippen LogP contribution in [0.5, 0.6) is 0 Å². The van der Waals surface area contributed by atoms with Gasteiger partial charge in [0.05, 0.1) is 13.2 Å². The second kappa shape index (κ2) is 6.66. The van der Waals surface area contributed by atoms with Gasteiger partial charge in [0, 0.05) is 0 Å². The van der Waals surface area contributed by atoms with E-state index in [0.717, 1.165) is 0 Å². The molecule has 0 aromatic heterocycles. The standard InChI is InChI=1S/C6H6Cl4F4O2/c7-3(5(9,11)12)15-1-2-16-4(8)6(10,13)14/h3-4H,1-2H2.